The number of amides is 1. The standard InChI is InChI=1S/C24H21N7O3/c1-13(21-26-12-27-31-21)28-23(33)15-5-7-18-19(11-15)30-22(29-18)17-10-14(6-8-20(17)32)16-4-3-9-25-24(16)34-2/h3-13,32H,1-2H3,(H,28,33)(H,29,30)(H,26,27,31). The van der Waals surface area contributed by atoms with Crippen molar-refractivity contribution < 1.29 is 14.6 Å². The number of carbonyl (C=O) groups is 1. The Morgan fingerprint density at radius 2 is 2.00 bits per heavy atom. The molecule has 3 heterocycles. The second-order valence-electron chi connectivity index (χ2n) is 7.68. The van der Waals surface area contributed by atoms with Crippen molar-refractivity contribution in [3.05, 3.63) is 72.4 Å². The van der Waals surface area contributed by atoms with Gasteiger partial charge in [0.1, 0.15) is 23.7 Å². The van der Waals surface area contributed by atoms with Crippen LogP contribution in [0.3, 0.4) is 0 Å². The van der Waals surface area contributed by atoms with E-state index in [0.717, 1.165) is 16.6 Å². The summed E-state index contributed by atoms with van der Waals surface area (Å²) in [5.41, 5.74) is 3.92. The van der Waals surface area contributed by atoms with Crippen LogP contribution < -0.4 is 10.1 Å². The molecule has 10 nitrogen and oxygen atoms in total. The quantitative estimate of drug-likeness (QED) is 0.306. The lowest BCUT2D eigenvalue weighted by molar-refractivity contribution is 0.0938. The maximum atomic E-state index is 12.7. The summed E-state index contributed by atoms with van der Waals surface area (Å²) in [6.07, 6.45) is 3.05. The fraction of sp³-hybridized carbons (Fsp3) is 0.125. The first kappa shape index (κ1) is 21.1. The van der Waals surface area contributed by atoms with Gasteiger partial charge in [0.15, 0.2) is 0 Å². The number of nitrogens with one attached hydrogen (secondary N) is 3. The maximum Gasteiger partial charge on any atom is 0.251 e. The Bertz CT molecular complexity index is 1480. The molecule has 5 aromatic rings. The zero-order valence-electron chi connectivity index (χ0n) is 18.4. The number of aromatic amines is 2. The number of methoxy groups -OCH3 is 1. The summed E-state index contributed by atoms with van der Waals surface area (Å²) in [4.78, 5) is 28.9. The minimum absolute atomic E-state index is 0.0736. The van der Waals surface area contributed by atoms with Gasteiger partial charge in [0.25, 0.3) is 5.91 Å². The summed E-state index contributed by atoms with van der Waals surface area (Å²) in [7, 11) is 1.56. The minimum Gasteiger partial charge on any atom is -0.507 e. The number of hydrogen-bond donors (Lipinski definition) is 4. The topological polar surface area (TPSA) is 142 Å². The van der Waals surface area contributed by atoms with Gasteiger partial charge in [-0.2, -0.15) is 5.10 Å². The highest BCUT2D eigenvalue weighted by Crippen LogP contribution is 2.35. The Morgan fingerprint density at radius 1 is 1.12 bits per heavy atom. The maximum absolute atomic E-state index is 12.7. The van der Waals surface area contributed by atoms with Crippen molar-refractivity contribution in [1.82, 2.24) is 35.5 Å². The van der Waals surface area contributed by atoms with Crippen molar-refractivity contribution in [2.45, 2.75) is 13.0 Å². The normalized spacial score (nSPS) is 11.9. The van der Waals surface area contributed by atoms with Gasteiger partial charge in [-0.05, 0) is 55.0 Å². The molecule has 34 heavy (non-hydrogen) atoms. The molecular formula is C24H21N7O3. The lowest BCUT2D eigenvalue weighted by Crippen LogP contribution is -2.27. The van der Waals surface area contributed by atoms with E-state index >= 15 is 0 Å². The number of ether oxygens (including phenoxy) is 1. The smallest absolute Gasteiger partial charge is 0.251 e. The van der Waals surface area contributed by atoms with Gasteiger partial charge in [-0.1, -0.05) is 6.07 Å². The van der Waals surface area contributed by atoms with E-state index in [1.807, 2.05) is 25.1 Å². The number of carbonyl (C=O) groups excluding carboxylic acids is 1. The third-order valence-electron chi connectivity index (χ3n) is 5.46. The number of pyridine rings is 1. The highest BCUT2D eigenvalue weighted by atomic mass is 16.5. The van der Waals surface area contributed by atoms with Gasteiger partial charge >= 0.3 is 0 Å². The number of rotatable bonds is 6. The van der Waals surface area contributed by atoms with Crippen LogP contribution in [0.2, 0.25) is 0 Å². The van der Waals surface area contributed by atoms with Gasteiger partial charge in [0.05, 0.1) is 29.7 Å². The van der Waals surface area contributed by atoms with Crippen molar-refractivity contribution in [3.63, 3.8) is 0 Å². The molecule has 10 heteroatoms. The van der Waals surface area contributed by atoms with Gasteiger partial charge in [-0.3, -0.25) is 9.89 Å². The number of hydrogen-bond acceptors (Lipinski definition) is 7. The molecule has 3 aromatic heterocycles. The molecule has 0 aliphatic carbocycles. The van der Waals surface area contributed by atoms with Crippen molar-refractivity contribution >= 4 is 16.9 Å². The van der Waals surface area contributed by atoms with Crippen LogP contribution in [0.1, 0.15) is 29.1 Å². The average Bonchev–Trinajstić information content (AvgIpc) is 3.54. The fourth-order valence-electron chi connectivity index (χ4n) is 3.71. The number of H-pyrrole nitrogens is 2. The molecule has 1 amide bonds. The highest BCUT2D eigenvalue weighted by molar-refractivity contribution is 5.98. The van der Waals surface area contributed by atoms with E-state index in [0.29, 0.717) is 34.2 Å². The molecular weight excluding hydrogens is 434 g/mol. The molecule has 0 aliphatic rings. The molecule has 1 unspecified atom stereocenters. The second-order valence-corrected chi connectivity index (χ2v) is 7.68. The van der Waals surface area contributed by atoms with Crippen LogP contribution in [0.5, 0.6) is 11.6 Å². The molecule has 0 saturated carbocycles. The van der Waals surface area contributed by atoms with Crippen LogP contribution in [0.4, 0.5) is 0 Å². The van der Waals surface area contributed by atoms with Gasteiger partial charge in [0, 0.05) is 17.3 Å². The van der Waals surface area contributed by atoms with Crippen LogP contribution in [-0.2, 0) is 0 Å². The molecule has 0 bridgehead atoms. The Hall–Kier alpha value is -4.73. The fourth-order valence-corrected chi connectivity index (χ4v) is 3.71. The number of phenolic OH excluding ortho intramolecular Hbond substituents is 1. The van der Waals surface area contributed by atoms with Crippen molar-refractivity contribution in [2.75, 3.05) is 7.11 Å². The number of fused-ring (bicyclic) bond motifs is 1. The SMILES string of the molecule is COc1ncccc1-c1ccc(O)c(-c2nc3cc(C(=O)NC(C)c4ncn[nH]4)ccc3[nH]2)c1. The number of phenols is 1. The van der Waals surface area contributed by atoms with Crippen LogP contribution in [0.15, 0.2) is 61.1 Å². The van der Waals surface area contributed by atoms with Crippen LogP contribution >= 0.6 is 0 Å². The third-order valence-corrected chi connectivity index (χ3v) is 5.46. The average molecular weight is 455 g/mol. The first-order chi connectivity index (χ1) is 16.5. The van der Waals surface area contributed by atoms with Gasteiger partial charge in [-0.25, -0.2) is 15.0 Å². The summed E-state index contributed by atoms with van der Waals surface area (Å²) >= 11 is 0. The molecule has 170 valence electrons. The van der Waals surface area contributed by atoms with Gasteiger partial charge < -0.3 is 20.1 Å². The van der Waals surface area contributed by atoms with E-state index in [9.17, 15) is 9.90 Å². The number of imidazole rings is 1. The molecule has 4 N–H and O–H groups in total. The monoisotopic (exact) mass is 455 g/mol. The molecule has 1 atom stereocenters. The van der Waals surface area contributed by atoms with E-state index in [1.165, 1.54) is 6.33 Å². The number of aromatic nitrogens is 6. The Kier molecular flexibility index (Phi) is 5.38. The molecule has 0 spiro atoms. The third kappa shape index (κ3) is 3.92. The molecule has 0 radical (unpaired) electrons. The molecule has 2 aromatic carbocycles. The summed E-state index contributed by atoms with van der Waals surface area (Å²) in [5.74, 6) is 1.34. The Labute approximate surface area is 194 Å². The number of benzene rings is 2. The zero-order chi connectivity index (χ0) is 23.7. The summed E-state index contributed by atoms with van der Waals surface area (Å²) < 4.78 is 5.37. The summed E-state index contributed by atoms with van der Waals surface area (Å²) in [6, 6.07) is 13.8. The number of nitrogens with zero attached hydrogens (tertiary/aromatic N) is 4. The van der Waals surface area contributed by atoms with Crippen molar-refractivity contribution in [1.29, 1.82) is 0 Å². The molecule has 0 saturated heterocycles. The number of aromatic hydroxyl groups is 1. The predicted molar refractivity (Wildman–Crippen MR) is 125 cm³/mol. The lowest BCUT2D eigenvalue weighted by Gasteiger charge is -2.10. The van der Waals surface area contributed by atoms with E-state index in [2.05, 4.69) is 35.5 Å². The molecule has 0 aliphatic heterocycles. The molecule has 0 fully saturated rings. The minimum atomic E-state index is -0.329. The Balaban J connectivity index is 1.46. The van der Waals surface area contributed by atoms with Crippen molar-refractivity contribution in [3.8, 4) is 34.1 Å². The van der Waals surface area contributed by atoms with Gasteiger partial charge in [0.2, 0.25) is 5.88 Å². The first-order valence-electron chi connectivity index (χ1n) is 10.5. The van der Waals surface area contributed by atoms with E-state index < -0.39 is 0 Å². The zero-order valence-corrected chi connectivity index (χ0v) is 18.4. The van der Waals surface area contributed by atoms with E-state index in [1.54, 1.807) is 43.6 Å². The summed E-state index contributed by atoms with van der Waals surface area (Å²) in [6.45, 7) is 1.82. The lowest BCUT2D eigenvalue weighted by atomic mass is 10.0. The molecule has 5 rings (SSSR count). The van der Waals surface area contributed by atoms with Crippen LogP contribution in [0.25, 0.3) is 33.5 Å². The van der Waals surface area contributed by atoms with Crippen molar-refractivity contribution in [2.24, 2.45) is 0 Å². The van der Waals surface area contributed by atoms with E-state index in [-0.39, 0.29) is 17.7 Å². The largest absolute Gasteiger partial charge is 0.507 e. The Morgan fingerprint density at radius 3 is 2.79 bits per heavy atom. The summed E-state index contributed by atoms with van der Waals surface area (Å²) in [5, 5.41) is 20.0. The van der Waals surface area contributed by atoms with Crippen LogP contribution in [0, 0.1) is 0 Å². The predicted octanol–water partition coefficient (Wildman–Crippen LogP) is 3.62. The first-order valence-corrected chi connectivity index (χ1v) is 10.5. The van der Waals surface area contributed by atoms with E-state index in [4.69, 9.17) is 4.74 Å². The van der Waals surface area contributed by atoms with Gasteiger partial charge in [-0.15, -0.1) is 0 Å². The second kappa shape index (κ2) is 8.66. The van der Waals surface area contributed by atoms with Crippen LogP contribution in [-0.4, -0.2) is 48.3 Å². The highest BCUT2D eigenvalue weighted by Gasteiger charge is 2.17.